The highest BCUT2D eigenvalue weighted by molar-refractivity contribution is 9.10. The van der Waals surface area contributed by atoms with E-state index >= 15 is 0 Å². The summed E-state index contributed by atoms with van der Waals surface area (Å²) in [6.07, 6.45) is 2.44. The first-order chi connectivity index (χ1) is 11.6. The molecule has 1 saturated heterocycles. The lowest BCUT2D eigenvalue weighted by molar-refractivity contribution is 0.0774. The largest absolute Gasteiger partial charge is 0.497 e. The Balaban J connectivity index is 1.81. The fourth-order valence-electron chi connectivity index (χ4n) is 3.15. The van der Waals surface area contributed by atoms with E-state index in [9.17, 15) is 9.90 Å². The first-order valence-electron chi connectivity index (χ1n) is 7.74. The van der Waals surface area contributed by atoms with Crippen LogP contribution in [0, 0.1) is 0 Å². The summed E-state index contributed by atoms with van der Waals surface area (Å²) in [5.74, 6) is 0.695. The first-order valence-corrected chi connectivity index (χ1v) is 8.53. The molecule has 2 heterocycles. The number of methoxy groups -OCH3 is 1. The topological polar surface area (TPSA) is 62.7 Å². The lowest BCUT2D eigenvalue weighted by Crippen LogP contribution is -2.37. The number of pyridine rings is 1. The zero-order valence-electron chi connectivity index (χ0n) is 13.4. The van der Waals surface area contributed by atoms with E-state index in [0.29, 0.717) is 18.7 Å². The second-order valence-electron chi connectivity index (χ2n) is 6.01. The summed E-state index contributed by atoms with van der Waals surface area (Å²) in [6, 6.07) is 10.9. The number of halogens is 1. The number of carbonyl (C=O) groups excluding carboxylic acids is 1. The summed E-state index contributed by atoms with van der Waals surface area (Å²) in [4.78, 5) is 18.7. The number of likely N-dealkylation sites (tertiary alicyclic amines) is 1. The molecule has 1 N–H and O–H groups in total. The standard InChI is InChI=1S/C18H19BrN2O3/c1-24-15-4-2-13(3-5-15)17(23)21-9-7-18(11-21,12-22)14-6-8-20-16(19)10-14/h2-6,8,10,22H,7,9,11-12H2,1H3. The highest BCUT2D eigenvalue weighted by Gasteiger charge is 2.41. The molecule has 0 aliphatic carbocycles. The maximum absolute atomic E-state index is 12.7. The monoisotopic (exact) mass is 390 g/mol. The molecule has 126 valence electrons. The first kappa shape index (κ1) is 16.9. The van der Waals surface area contributed by atoms with Gasteiger partial charge in [0.25, 0.3) is 5.91 Å². The van der Waals surface area contributed by atoms with Crippen molar-refractivity contribution in [3.8, 4) is 5.75 Å². The van der Waals surface area contributed by atoms with Crippen LogP contribution >= 0.6 is 15.9 Å². The predicted molar refractivity (Wildman–Crippen MR) is 94.2 cm³/mol. The van der Waals surface area contributed by atoms with E-state index in [1.54, 1.807) is 42.5 Å². The minimum atomic E-state index is -0.437. The number of amides is 1. The summed E-state index contributed by atoms with van der Waals surface area (Å²) in [5.41, 5.74) is 1.19. The van der Waals surface area contributed by atoms with Crippen LogP contribution in [-0.2, 0) is 5.41 Å². The summed E-state index contributed by atoms with van der Waals surface area (Å²) >= 11 is 3.37. The minimum absolute atomic E-state index is 0.00412. The molecule has 1 unspecified atom stereocenters. The molecule has 0 radical (unpaired) electrons. The fourth-order valence-corrected chi connectivity index (χ4v) is 3.52. The van der Waals surface area contributed by atoms with Crippen LogP contribution in [0.15, 0.2) is 47.2 Å². The third kappa shape index (κ3) is 3.16. The van der Waals surface area contributed by atoms with Gasteiger partial charge in [-0.15, -0.1) is 0 Å². The van der Waals surface area contributed by atoms with E-state index in [2.05, 4.69) is 20.9 Å². The normalized spacial score (nSPS) is 20.2. The van der Waals surface area contributed by atoms with E-state index in [0.717, 1.165) is 22.3 Å². The number of benzene rings is 1. The van der Waals surface area contributed by atoms with E-state index in [-0.39, 0.29) is 12.5 Å². The second-order valence-corrected chi connectivity index (χ2v) is 6.82. The Bertz CT molecular complexity index is 735. The second kappa shape index (κ2) is 6.91. The molecule has 2 aromatic rings. The molecule has 5 nitrogen and oxygen atoms in total. The summed E-state index contributed by atoms with van der Waals surface area (Å²) in [5, 5.41) is 10.0. The van der Waals surface area contributed by atoms with Crippen molar-refractivity contribution in [2.45, 2.75) is 11.8 Å². The van der Waals surface area contributed by atoms with Crippen LogP contribution in [-0.4, -0.2) is 47.7 Å². The Morgan fingerprint density at radius 2 is 2.12 bits per heavy atom. The number of nitrogens with zero attached hydrogens (tertiary/aromatic N) is 2. The number of hydrogen-bond acceptors (Lipinski definition) is 4. The Kier molecular flexibility index (Phi) is 4.87. The Morgan fingerprint density at radius 3 is 2.75 bits per heavy atom. The molecule has 1 fully saturated rings. The molecule has 3 rings (SSSR count). The lowest BCUT2D eigenvalue weighted by atomic mass is 9.81. The van der Waals surface area contributed by atoms with E-state index < -0.39 is 5.41 Å². The van der Waals surface area contributed by atoms with Crippen LogP contribution in [0.2, 0.25) is 0 Å². The van der Waals surface area contributed by atoms with Crippen LogP contribution in [0.25, 0.3) is 0 Å². The molecule has 0 saturated carbocycles. The highest BCUT2D eigenvalue weighted by atomic mass is 79.9. The Hall–Kier alpha value is -1.92. The third-order valence-corrected chi connectivity index (χ3v) is 5.05. The van der Waals surface area contributed by atoms with Gasteiger partial charge in [0, 0.05) is 30.3 Å². The summed E-state index contributed by atoms with van der Waals surface area (Å²) in [7, 11) is 1.60. The molecule has 1 aromatic carbocycles. The van der Waals surface area contributed by atoms with Crippen molar-refractivity contribution < 1.29 is 14.6 Å². The van der Waals surface area contributed by atoms with Gasteiger partial charge >= 0.3 is 0 Å². The maximum atomic E-state index is 12.7. The van der Waals surface area contributed by atoms with Gasteiger partial charge < -0.3 is 14.7 Å². The molecule has 0 bridgehead atoms. The number of aliphatic hydroxyl groups is 1. The van der Waals surface area contributed by atoms with Crippen LogP contribution in [0.3, 0.4) is 0 Å². The number of carbonyl (C=O) groups is 1. The maximum Gasteiger partial charge on any atom is 0.253 e. The molecule has 1 aliphatic heterocycles. The molecule has 24 heavy (non-hydrogen) atoms. The SMILES string of the molecule is COc1ccc(C(=O)N2CCC(CO)(c3ccnc(Br)c3)C2)cc1. The minimum Gasteiger partial charge on any atom is -0.497 e. The molecular formula is C18H19BrN2O3. The van der Waals surface area contributed by atoms with Gasteiger partial charge in [0.05, 0.1) is 13.7 Å². The van der Waals surface area contributed by atoms with Crippen molar-refractivity contribution in [2.75, 3.05) is 26.8 Å². The van der Waals surface area contributed by atoms with E-state index in [1.165, 1.54) is 0 Å². The molecule has 0 spiro atoms. The van der Waals surface area contributed by atoms with Gasteiger partial charge in [-0.3, -0.25) is 4.79 Å². The van der Waals surface area contributed by atoms with Crippen molar-refractivity contribution in [2.24, 2.45) is 0 Å². The zero-order valence-corrected chi connectivity index (χ0v) is 15.0. The summed E-state index contributed by atoms with van der Waals surface area (Å²) in [6.45, 7) is 1.10. The van der Waals surface area contributed by atoms with Gasteiger partial charge in [-0.05, 0) is 64.3 Å². The number of aliphatic hydroxyl groups excluding tert-OH is 1. The van der Waals surface area contributed by atoms with E-state index in [1.807, 2.05) is 12.1 Å². The van der Waals surface area contributed by atoms with Crippen molar-refractivity contribution in [3.63, 3.8) is 0 Å². The van der Waals surface area contributed by atoms with Gasteiger partial charge in [0.15, 0.2) is 0 Å². The molecule has 1 amide bonds. The van der Waals surface area contributed by atoms with Crippen molar-refractivity contribution in [1.82, 2.24) is 9.88 Å². The van der Waals surface area contributed by atoms with Gasteiger partial charge in [0.2, 0.25) is 0 Å². The quantitative estimate of drug-likeness (QED) is 0.815. The van der Waals surface area contributed by atoms with Crippen molar-refractivity contribution >= 4 is 21.8 Å². The van der Waals surface area contributed by atoms with Gasteiger partial charge in [-0.25, -0.2) is 4.98 Å². The smallest absolute Gasteiger partial charge is 0.253 e. The number of aromatic nitrogens is 1. The summed E-state index contributed by atoms with van der Waals surface area (Å²) < 4.78 is 5.85. The molecular weight excluding hydrogens is 372 g/mol. The zero-order chi connectivity index (χ0) is 17.2. The molecule has 6 heteroatoms. The predicted octanol–water partition coefficient (Wildman–Crippen LogP) is 2.63. The Labute approximate surface area is 149 Å². The lowest BCUT2D eigenvalue weighted by Gasteiger charge is -2.27. The van der Waals surface area contributed by atoms with Crippen LogP contribution < -0.4 is 4.74 Å². The average Bonchev–Trinajstić information content (AvgIpc) is 3.07. The Morgan fingerprint density at radius 1 is 1.38 bits per heavy atom. The third-order valence-electron chi connectivity index (χ3n) is 4.62. The van der Waals surface area contributed by atoms with Crippen LogP contribution in [0.1, 0.15) is 22.3 Å². The van der Waals surface area contributed by atoms with Gasteiger partial charge in [-0.2, -0.15) is 0 Å². The highest BCUT2D eigenvalue weighted by Crippen LogP contribution is 2.35. The number of hydrogen-bond donors (Lipinski definition) is 1. The van der Waals surface area contributed by atoms with Gasteiger partial charge in [0.1, 0.15) is 10.4 Å². The van der Waals surface area contributed by atoms with Crippen LogP contribution in [0.4, 0.5) is 0 Å². The van der Waals surface area contributed by atoms with Crippen molar-refractivity contribution in [1.29, 1.82) is 0 Å². The van der Waals surface area contributed by atoms with E-state index in [4.69, 9.17) is 4.74 Å². The number of rotatable bonds is 4. The average molecular weight is 391 g/mol. The van der Waals surface area contributed by atoms with Crippen molar-refractivity contribution in [3.05, 3.63) is 58.3 Å². The number of ether oxygens (including phenoxy) is 1. The molecule has 1 aromatic heterocycles. The fraction of sp³-hybridized carbons (Fsp3) is 0.333. The molecule has 1 atom stereocenters. The van der Waals surface area contributed by atoms with Crippen LogP contribution in [0.5, 0.6) is 5.75 Å². The molecule has 1 aliphatic rings. The van der Waals surface area contributed by atoms with Gasteiger partial charge in [-0.1, -0.05) is 0 Å².